The molecule has 0 unspecified atom stereocenters. The minimum atomic E-state index is 0.679. The summed E-state index contributed by atoms with van der Waals surface area (Å²) in [5.41, 5.74) is 6.78. The first kappa shape index (κ1) is 16.6. The van der Waals surface area contributed by atoms with E-state index in [2.05, 4.69) is 20.5 Å². The Bertz CT molecular complexity index is 891. The van der Waals surface area contributed by atoms with Crippen molar-refractivity contribution < 1.29 is 4.74 Å². The van der Waals surface area contributed by atoms with Gasteiger partial charge < -0.3 is 4.74 Å². The van der Waals surface area contributed by atoms with Gasteiger partial charge >= 0.3 is 0 Å². The highest BCUT2D eigenvalue weighted by Crippen LogP contribution is 2.21. The maximum Gasteiger partial charge on any atom is 0.161 e. The molecule has 0 spiro atoms. The highest BCUT2D eigenvalue weighted by Gasteiger charge is 2.09. The van der Waals surface area contributed by atoms with Crippen LogP contribution in [0.3, 0.4) is 0 Å². The summed E-state index contributed by atoms with van der Waals surface area (Å²) in [5.74, 6) is 2.14. The number of benzene rings is 2. The maximum atomic E-state index is 5.32. The molecule has 0 radical (unpaired) electrons. The van der Waals surface area contributed by atoms with Crippen molar-refractivity contribution in [3.05, 3.63) is 71.4 Å². The Morgan fingerprint density at radius 2 is 1.68 bits per heavy atom. The number of aryl methyl sites for hydroxylation is 1. The largest absolute Gasteiger partial charge is 0.496 e. The SMILES string of the molecule is COc1ccccc1/C=N\Nc1nc(-c2ccccc2)nc(C)c1C. The van der Waals surface area contributed by atoms with E-state index in [0.717, 1.165) is 28.1 Å². The van der Waals surface area contributed by atoms with Gasteiger partial charge in [0.1, 0.15) is 5.75 Å². The van der Waals surface area contributed by atoms with Gasteiger partial charge in [-0.1, -0.05) is 42.5 Å². The lowest BCUT2D eigenvalue weighted by Gasteiger charge is -2.10. The van der Waals surface area contributed by atoms with E-state index in [1.165, 1.54) is 0 Å². The predicted molar refractivity (Wildman–Crippen MR) is 101 cm³/mol. The number of ether oxygens (including phenoxy) is 1. The quantitative estimate of drug-likeness (QED) is 0.561. The second-order valence-corrected chi connectivity index (χ2v) is 5.58. The van der Waals surface area contributed by atoms with Gasteiger partial charge in [0.2, 0.25) is 0 Å². The number of hydrogen-bond donors (Lipinski definition) is 1. The van der Waals surface area contributed by atoms with Crippen LogP contribution in [0.25, 0.3) is 11.4 Å². The molecule has 0 bridgehead atoms. The lowest BCUT2D eigenvalue weighted by molar-refractivity contribution is 0.414. The van der Waals surface area contributed by atoms with Gasteiger partial charge in [-0.25, -0.2) is 9.97 Å². The normalized spacial score (nSPS) is 10.8. The van der Waals surface area contributed by atoms with Gasteiger partial charge in [0.25, 0.3) is 0 Å². The zero-order valence-electron chi connectivity index (χ0n) is 14.5. The smallest absolute Gasteiger partial charge is 0.161 e. The average Bonchev–Trinajstić information content (AvgIpc) is 2.66. The summed E-state index contributed by atoms with van der Waals surface area (Å²) < 4.78 is 5.32. The maximum absolute atomic E-state index is 5.32. The van der Waals surface area contributed by atoms with Crippen LogP contribution in [0.1, 0.15) is 16.8 Å². The molecule has 1 N–H and O–H groups in total. The first-order chi connectivity index (χ1) is 12.2. The molecule has 0 atom stereocenters. The Hall–Kier alpha value is -3.21. The van der Waals surface area contributed by atoms with Crippen LogP contribution in [-0.4, -0.2) is 23.3 Å². The van der Waals surface area contributed by atoms with E-state index < -0.39 is 0 Å². The summed E-state index contributed by atoms with van der Waals surface area (Å²) in [6.07, 6.45) is 1.72. The third-order valence-corrected chi connectivity index (χ3v) is 3.93. The molecule has 0 amide bonds. The van der Waals surface area contributed by atoms with Crippen LogP contribution in [0.15, 0.2) is 59.7 Å². The van der Waals surface area contributed by atoms with Crippen LogP contribution in [0.4, 0.5) is 5.82 Å². The highest BCUT2D eigenvalue weighted by atomic mass is 16.5. The Morgan fingerprint density at radius 3 is 2.44 bits per heavy atom. The summed E-state index contributed by atoms with van der Waals surface area (Å²) in [5, 5.41) is 4.31. The van der Waals surface area contributed by atoms with Crippen molar-refractivity contribution in [3.8, 4) is 17.1 Å². The van der Waals surface area contributed by atoms with Crippen molar-refractivity contribution in [1.82, 2.24) is 9.97 Å². The monoisotopic (exact) mass is 332 g/mol. The summed E-state index contributed by atoms with van der Waals surface area (Å²) in [6.45, 7) is 3.95. The zero-order chi connectivity index (χ0) is 17.6. The van der Waals surface area contributed by atoms with Crippen LogP contribution < -0.4 is 10.2 Å². The molecule has 2 aromatic carbocycles. The number of hydrazone groups is 1. The lowest BCUT2D eigenvalue weighted by Crippen LogP contribution is -2.03. The third-order valence-electron chi connectivity index (χ3n) is 3.93. The molecular formula is C20H20N4O. The van der Waals surface area contributed by atoms with Crippen molar-refractivity contribution in [2.24, 2.45) is 5.10 Å². The van der Waals surface area contributed by atoms with Gasteiger partial charge in [0.05, 0.1) is 13.3 Å². The number of aromatic nitrogens is 2. The lowest BCUT2D eigenvalue weighted by atomic mass is 10.2. The molecule has 1 heterocycles. The molecule has 0 fully saturated rings. The summed E-state index contributed by atoms with van der Waals surface area (Å²) in [6, 6.07) is 17.6. The molecule has 3 rings (SSSR count). The number of nitrogens with zero attached hydrogens (tertiary/aromatic N) is 3. The van der Waals surface area contributed by atoms with Crippen LogP contribution in [0.2, 0.25) is 0 Å². The van der Waals surface area contributed by atoms with Gasteiger partial charge in [-0.15, -0.1) is 0 Å². The van der Waals surface area contributed by atoms with Crippen molar-refractivity contribution in [3.63, 3.8) is 0 Å². The molecule has 0 saturated carbocycles. The van der Waals surface area contributed by atoms with Crippen LogP contribution in [-0.2, 0) is 0 Å². The first-order valence-electron chi connectivity index (χ1n) is 8.02. The van der Waals surface area contributed by atoms with Crippen molar-refractivity contribution >= 4 is 12.0 Å². The van der Waals surface area contributed by atoms with Gasteiger partial charge in [-0.05, 0) is 26.0 Å². The molecule has 25 heavy (non-hydrogen) atoms. The minimum absolute atomic E-state index is 0.679. The Kier molecular flexibility index (Phi) is 5.04. The summed E-state index contributed by atoms with van der Waals surface area (Å²) in [7, 11) is 1.64. The zero-order valence-corrected chi connectivity index (χ0v) is 14.5. The van der Waals surface area contributed by atoms with E-state index in [1.807, 2.05) is 68.4 Å². The van der Waals surface area contributed by atoms with Crippen molar-refractivity contribution in [2.45, 2.75) is 13.8 Å². The first-order valence-corrected chi connectivity index (χ1v) is 8.02. The fourth-order valence-corrected chi connectivity index (χ4v) is 2.39. The molecule has 0 aliphatic rings. The number of methoxy groups -OCH3 is 1. The van der Waals surface area contributed by atoms with Gasteiger partial charge in [-0.3, -0.25) is 5.43 Å². The molecule has 5 nitrogen and oxygen atoms in total. The van der Waals surface area contributed by atoms with Crippen molar-refractivity contribution in [1.29, 1.82) is 0 Å². The number of nitrogens with one attached hydrogen (secondary N) is 1. The molecule has 3 aromatic rings. The van der Waals surface area contributed by atoms with Crippen LogP contribution in [0, 0.1) is 13.8 Å². The third kappa shape index (κ3) is 3.83. The van der Waals surface area contributed by atoms with E-state index in [0.29, 0.717) is 11.6 Å². The number of hydrogen-bond acceptors (Lipinski definition) is 5. The standard InChI is InChI=1S/C20H20N4O/c1-14-15(2)22-20(16-9-5-4-6-10-16)23-19(14)24-21-13-17-11-7-8-12-18(17)25-3/h4-13H,1-3H3,(H,22,23,24)/b21-13-. The number of anilines is 1. The fourth-order valence-electron chi connectivity index (χ4n) is 2.39. The second-order valence-electron chi connectivity index (χ2n) is 5.58. The molecule has 5 heteroatoms. The van der Waals surface area contributed by atoms with E-state index in [1.54, 1.807) is 13.3 Å². The van der Waals surface area contributed by atoms with E-state index in [9.17, 15) is 0 Å². The molecule has 0 aliphatic carbocycles. The summed E-state index contributed by atoms with van der Waals surface area (Å²) in [4.78, 5) is 9.18. The second kappa shape index (κ2) is 7.57. The molecule has 0 aliphatic heterocycles. The highest BCUT2D eigenvalue weighted by molar-refractivity contribution is 5.84. The molecular weight excluding hydrogens is 312 g/mol. The van der Waals surface area contributed by atoms with Gasteiger partial charge in [0, 0.05) is 22.4 Å². The van der Waals surface area contributed by atoms with E-state index in [4.69, 9.17) is 4.74 Å². The number of para-hydroxylation sites is 1. The van der Waals surface area contributed by atoms with Gasteiger partial charge in [0.15, 0.2) is 11.6 Å². The Morgan fingerprint density at radius 1 is 0.960 bits per heavy atom. The molecule has 0 saturated heterocycles. The van der Waals surface area contributed by atoms with E-state index in [-0.39, 0.29) is 0 Å². The van der Waals surface area contributed by atoms with Crippen LogP contribution >= 0.6 is 0 Å². The average molecular weight is 332 g/mol. The predicted octanol–water partition coefficient (Wildman–Crippen LogP) is 4.22. The Balaban J connectivity index is 1.87. The molecule has 1 aromatic heterocycles. The Labute approximate surface area is 147 Å². The number of rotatable bonds is 5. The summed E-state index contributed by atoms with van der Waals surface area (Å²) >= 11 is 0. The minimum Gasteiger partial charge on any atom is -0.496 e. The molecule has 126 valence electrons. The van der Waals surface area contributed by atoms with Crippen molar-refractivity contribution in [2.75, 3.05) is 12.5 Å². The van der Waals surface area contributed by atoms with Crippen LogP contribution in [0.5, 0.6) is 5.75 Å². The fraction of sp³-hybridized carbons (Fsp3) is 0.150. The van der Waals surface area contributed by atoms with Gasteiger partial charge in [-0.2, -0.15) is 5.10 Å². The topological polar surface area (TPSA) is 59.4 Å². The van der Waals surface area contributed by atoms with E-state index >= 15 is 0 Å².